The number of halogens is 2. The third-order valence-electron chi connectivity index (χ3n) is 2.94. The minimum atomic E-state index is 0. The first-order valence-electron chi connectivity index (χ1n) is 5.42. The van der Waals surface area contributed by atoms with Gasteiger partial charge in [0.25, 0.3) is 0 Å². The van der Waals surface area contributed by atoms with Gasteiger partial charge in [0.2, 0.25) is 0 Å². The first kappa shape index (κ1) is 14.6. The van der Waals surface area contributed by atoms with Gasteiger partial charge in [-0.25, -0.2) is 0 Å². The second-order valence-electron chi connectivity index (χ2n) is 5.28. The third-order valence-corrected chi connectivity index (χ3v) is 3.44. The highest BCUT2D eigenvalue weighted by molar-refractivity contribution is 9.10. The van der Waals surface area contributed by atoms with E-state index in [0.29, 0.717) is 0 Å². The first-order valence-corrected chi connectivity index (χ1v) is 6.21. The topological polar surface area (TPSA) is 41.8 Å². The fourth-order valence-corrected chi connectivity index (χ4v) is 2.20. The predicted molar refractivity (Wildman–Crippen MR) is 79.6 cm³/mol. The Morgan fingerprint density at radius 2 is 1.94 bits per heavy atom. The molecule has 94 valence electrons. The van der Waals surface area contributed by atoms with Crippen LogP contribution in [0.2, 0.25) is 0 Å². The average molecular weight is 318 g/mol. The van der Waals surface area contributed by atoms with Crippen molar-refractivity contribution in [1.82, 2.24) is 4.98 Å². The van der Waals surface area contributed by atoms with Gasteiger partial charge in [0.05, 0.1) is 0 Å². The van der Waals surface area contributed by atoms with Crippen LogP contribution in [-0.2, 0) is 0 Å². The fraction of sp³-hybridized carbons (Fsp3) is 0.385. The van der Waals surface area contributed by atoms with Gasteiger partial charge in [0, 0.05) is 27.6 Å². The quantitative estimate of drug-likeness (QED) is 0.804. The summed E-state index contributed by atoms with van der Waals surface area (Å²) in [4.78, 5) is 3.27. The van der Waals surface area contributed by atoms with E-state index in [1.165, 1.54) is 10.9 Å². The summed E-state index contributed by atoms with van der Waals surface area (Å²) >= 11 is 3.50. The molecule has 3 N–H and O–H groups in total. The van der Waals surface area contributed by atoms with E-state index >= 15 is 0 Å². The predicted octanol–water partition coefficient (Wildman–Crippen LogP) is 4.40. The molecule has 2 nitrogen and oxygen atoms in total. The van der Waals surface area contributed by atoms with Gasteiger partial charge in [-0.15, -0.1) is 12.4 Å². The molecule has 1 aromatic heterocycles. The molecule has 0 fully saturated rings. The minimum absolute atomic E-state index is 0. The van der Waals surface area contributed by atoms with Crippen molar-refractivity contribution in [2.45, 2.75) is 26.8 Å². The first-order chi connectivity index (χ1) is 7.39. The van der Waals surface area contributed by atoms with Crippen LogP contribution in [0.15, 0.2) is 28.9 Å². The van der Waals surface area contributed by atoms with Gasteiger partial charge in [-0.3, -0.25) is 0 Å². The highest BCUT2D eigenvalue weighted by Gasteiger charge is 2.24. The normalized spacial score (nSPS) is 13.5. The molecule has 0 unspecified atom stereocenters. The highest BCUT2D eigenvalue weighted by atomic mass is 79.9. The van der Waals surface area contributed by atoms with Crippen LogP contribution in [0.25, 0.3) is 10.9 Å². The number of fused-ring (bicyclic) bond motifs is 1. The van der Waals surface area contributed by atoms with Gasteiger partial charge >= 0.3 is 0 Å². The van der Waals surface area contributed by atoms with E-state index in [1.54, 1.807) is 0 Å². The van der Waals surface area contributed by atoms with Crippen LogP contribution < -0.4 is 5.73 Å². The molecule has 0 saturated carbocycles. The number of benzene rings is 1. The molecule has 0 aliphatic carbocycles. The molecule has 2 rings (SSSR count). The molecule has 4 heteroatoms. The maximum Gasteiger partial charge on any atom is 0.0458 e. The molecular weight excluding hydrogens is 300 g/mol. The number of aromatic amines is 1. The number of hydrogen-bond acceptors (Lipinski definition) is 1. The summed E-state index contributed by atoms with van der Waals surface area (Å²) in [6, 6.07) is 6.26. The van der Waals surface area contributed by atoms with E-state index in [2.05, 4.69) is 53.8 Å². The molecule has 0 radical (unpaired) electrons. The number of hydrogen-bond donors (Lipinski definition) is 2. The van der Waals surface area contributed by atoms with Crippen LogP contribution in [0.5, 0.6) is 0 Å². The summed E-state index contributed by atoms with van der Waals surface area (Å²) < 4.78 is 1.09. The summed E-state index contributed by atoms with van der Waals surface area (Å²) in [5, 5.41) is 1.21. The molecule has 0 saturated heterocycles. The fourth-order valence-electron chi connectivity index (χ4n) is 1.84. The smallest absolute Gasteiger partial charge is 0.0458 e. The molecule has 1 heterocycles. The molecule has 2 aromatic rings. The Morgan fingerprint density at radius 3 is 2.53 bits per heavy atom. The molecular formula is C13H18BrClN2. The SMILES string of the molecule is CC(C)(C)[C@@H](N)c1c[nH]c2ccc(Br)cc12.Cl. The van der Waals surface area contributed by atoms with Gasteiger partial charge in [-0.1, -0.05) is 36.7 Å². The van der Waals surface area contributed by atoms with E-state index in [0.717, 1.165) is 9.99 Å². The second-order valence-corrected chi connectivity index (χ2v) is 6.19. The molecule has 0 aliphatic heterocycles. The second kappa shape index (κ2) is 5.01. The monoisotopic (exact) mass is 316 g/mol. The zero-order valence-electron chi connectivity index (χ0n) is 10.3. The largest absolute Gasteiger partial charge is 0.361 e. The summed E-state index contributed by atoms with van der Waals surface area (Å²) in [7, 11) is 0. The van der Waals surface area contributed by atoms with Crippen LogP contribution in [0.4, 0.5) is 0 Å². The van der Waals surface area contributed by atoms with Crippen molar-refractivity contribution in [1.29, 1.82) is 0 Å². The summed E-state index contributed by atoms with van der Waals surface area (Å²) in [5.74, 6) is 0. The number of rotatable bonds is 1. The number of nitrogens with one attached hydrogen (secondary N) is 1. The maximum atomic E-state index is 6.30. The van der Waals surface area contributed by atoms with Gasteiger partial charge in [-0.05, 0) is 29.2 Å². The maximum absolute atomic E-state index is 6.30. The van der Waals surface area contributed by atoms with Crippen molar-refractivity contribution in [2.75, 3.05) is 0 Å². The van der Waals surface area contributed by atoms with Crippen molar-refractivity contribution >= 4 is 39.2 Å². The van der Waals surface area contributed by atoms with Crippen molar-refractivity contribution in [3.8, 4) is 0 Å². The van der Waals surface area contributed by atoms with E-state index in [4.69, 9.17) is 5.73 Å². The average Bonchev–Trinajstić information content (AvgIpc) is 2.57. The Balaban J connectivity index is 0.00000144. The zero-order valence-corrected chi connectivity index (χ0v) is 12.7. The van der Waals surface area contributed by atoms with Crippen LogP contribution in [0, 0.1) is 5.41 Å². The lowest BCUT2D eigenvalue weighted by atomic mass is 9.83. The van der Waals surface area contributed by atoms with Crippen LogP contribution in [-0.4, -0.2) is 4.98 Å². The molecule has 1 aromatic carbocycles. The van der Waals surface area contributed by atoms with Gasteiger partial charge in [0.1, 0.15) is 0 Å². The number of aromatic nitrogens is 1. The van der Waals surface area contributed by atoms with Crippen molar-refractivity contribution in [3.63, 3.8) is 0 Å². The van der Waals surface area contributed by atoms with Crippen molar-refractivity contribution in [2.24, 2.45) is 11.1 Å². The number of H-pyrrole nitrogens is 1. The lowest BCUT2D eigenvalue weighted by molar-refractivity contribution is 0.328. The van der Waals surface area contributed by atoms with E-state index in [-0.39, 0.29) is 23.9 Å². The lowest BCUT2D eigenvalue weighted by Gasteiger charge is -2.26. The van der Waals surface area contributed by atoms with E-state index < -0.39 is 0 Å². The molecule has 0 spiro atoms. The summed E-state index contributed by atoms with van der Waals surface area (Å²) in [6.07, 6.45) is 2.02. The van der Waals surface area contributed by atoms with E-state index in [9.17, 15) is 0 Å². The third kappa shape index (κ3) is 2.84. The Labute approximate surface area is 117 Å². The van der Waals surface area contributed by atoms with Gasteiger partial charge < -0.3 is 10.7 Å². The molecule has 0 bridgehead atoms. The highest BCUT2D eigenvalue weighted by Crippen LogP contribution is 2.35. The Kier molecular flexibility index (Phi) is 4.28. The van der Waals surface area contributed by atoms with Crippen LogP contribution in [0.3, 0.4) is 0 Å². The number of nitrogens with two attached hydrogens (primary N) is 1. The lowest BCUT2D eigenvalue weighted by Crippen LogP contribution is -2.25. The zero-order chi connectivity index (χ0) is 11.9. The summed E-state index contributed by atoms with van der Waals surface area (Å²) in [5.41, 5.74) is 8.69. The summed E-state index contributed by atoms with van der Waals surface area (Å²) in [6.45, 7) is 6.48. The van der Waals surface area contributed by atoms with Crippen LogP contribution in [0.1, 0.15) is 32.4 Å². The van der Waals surface area contributed by atoms with Gasteiger partial charge in [0.15, 0.2) is 0 Å². The Hall–Kier alpha value is -0.510. The molecule has 0 amide bonds. The van der Waals surface area contributed by atoms with Crippen LogP contribution >= 0.6 is 28.3 Å². The molecule has 1 atom stereocenters. The van der Waals surface area contributed by atoms with Crippen molar-refractivity contribution < 1.29 is 0 Å². The Morgan fingerprint density at radius 1 is 1.29 bits per heavy atom. The standard InChI is InChI=1S/C13H17BrN2.ClH/c1-13(2,3)12(15)10-7-16-11-5-4-8(14)6-9(10)11;/h4-7,12,16H,15H2,1-3H3;1H/t12-;/m0./s1. The molecule has 0 aliphatic rings. The van der Waals surface area contributed by atoms with Gasteiger partial charge in [-0.2, -0.15) is 0 Å². The Bertz CT molecular complexity index is 514. The minimum Gasteiger partial charge on any atom is -0.361 e. The van der Waals surface area contributed by atoms with E-state index in [1.807, 2.05) is 12.3 Å². The molecule has 17 heavy (non-hydrogen) atoms. The van der Waals surface area contributed by atoms with Crippen molar-refractivity contribution in [3.05, 3.63) is 34.4 Å².